The van der Waals surface area contributed by atoms with Crippen molar-refractivity contribution in [2.24, 2.45) is 0 Å². The Hall–Kier alpha value is -2.47. The molecule has 0 aliphatic carbocycles. The van der Waals surface area contributed by atoms with E-state index in [1.54, 1.807) is 31.5 Å². The SMILES string of the molecule is CCCCCCCCOc1cnc(-c2ccc(OC(=O)[C@H](C)OCCC)cc2)nc1. The second-order valence-corrected chi connectivity index (χ2v) is 7.32. The van der Waals surface area contributed by atoms with Crippen LogP contribution in [0.1, 0.15) is 65.7 Å². The Balaban J connectivity index is 1.78. The molecule has 0 fully saturated rings. The maximum atomic E-state index is 12.0. The quantitative estimate of drug-likeness (QED) is 0.227. The van der Waals surface area contributed by atoms with Crippen LogP contribution in [0.5, 0.6) is 11.5 Å². The van der Waals surface area contributed by atoms with Crippen molar-refractivity contribution in [2.45, 2.75) is 71.8 Å². The summed E-state index contributed by atoms with van der Waals surface area (Å²) in [7, 11) is 0. The summed E-state index contributed by atoms with van der Waals surface area (Å²) in [4.78, 5) is 20.8. The van der Waals surface area contributed by atoms with Crippen molar-refractivity contribution in [3.8, 4) is 22.9 Å². The number of carbonyl (C=O) groups is 1. The molecule has 1 aromatic heterocycles. The number of ether oxygens (including phenoxy) is 3. The van der Waals surface area contributed by atoms with Gasteiger partial charge in [-0.15, -0.1) is 0 Å². The molecule has 0 saturated heterocycles. The van der Waals surface area contributed by atoms with Gasteiger partial charge in [-0.3, -0.25) is 0 Å². The molecule has 30 heavy (non-hydrogen) atoms. The van der Waals surface area contributed by atoms with E-state index in [0.717, 1.165) is 18.4 Å². The number of benzene rings is 1. The van der Waals surface area contributed by atoms with E-state index in [1.807, 2.05) is 19.1 Å². The van der Waals surface area contributed by atoms with Gasteiger partial charge in [-0.25, -0.2) is 14.8 Å². The van der Waals surface area contributed by atoms with Crippen molar-refractivity contribution in [2.75, 3.05) is 13.2 Å². The summed E-state index contributed by atoms with van der Waals surface area (Å²) in [6.45, 7) is 7.13. The second kappa shape index (κ2) is 13.7. The van der Waals surface area contributed by atoms with Crippen LogP contribution < -0.4 is 9.47 Å². The summed E-state index contributed by atoms with van der Waals surface area (Å²) in [6.07, 6.45) is 11.0. The van der Waals surface area contributed by atoms with Crippen LogP contribution in [0.3, 0.4) is 0 Å². The number of rotatable bonds is 14. The molecule has 0 bridgehead atoms. The lowest BCUT2D eigenvalue weighted by atomic mass is 10.1. The minimum atomic E-state index is -0.586. The minimum Gasteiger partial charge on any atom is -0.490 e. The Morgan fingerprint density at radius 3 is 2.20 bits per heavy atom. The van der Waals surface area contributed by atoms with Crippen LogP contribution in [-0.2, 0) is 9.53 Å². The highest BCUT2D eigenvalue weighted by atomic mass is 16.6. The maximum absolute atomic E-state index is 12.0. The summed E-state index contributed by atoms with van der Waals surface area (Å²) in [5.74, 6) is 1.34. The molecule has 6 nitrogen and oxygen atoms in total. The fraction of sp³-hybridized carbons (Fsp3) is 0.542. The molecular formula is C24H34N2O4. The average molecular weight is 415 g/mol. The van der Waals surface area contributed by atoms with E-state index >= 15 is 0 Å². The molecule has 2 aromatic rings. The molecule has 0 N–H and O–H groups in total. The summed E-state index contributed by atoms with van der Waals surface area (Å²) in [5.41, 5.74) is 0.840. The van der Waals surface area contributed by atoms with Gasteiger partial charge in [0.05, 0.1) is 19.0 Å². The normalized spacial score (nSPS) is 11.8. The zero-order valence-corrected chi connectivity index (χ0v) is 18.4. The average Bonchev–Trinajstić information content (AvgIpc) is 2.77. The predicted octanol–water partition coefficient (Wildman–Crippen LogP) is 5.60. The predicted molar refractivity (Wildman–Crippen MR) is 118 cm³/mol. The van der Waals surface area contributed by atoms with Gasteiger partial charge in [0.1, 0.15) is 5.75 Å². The van der Waals surface area contributed by atoms with E-state index in [1.165, 1.54) is 32.1 Å². The van der Waals surface area contributed by atoms with E-state index in [2.05, 4.69) is 16.9 Å². The Kier molecular flexibility index (Phi) is 10.9. The third-order valence-corrected chi connectivity index (χ3v) is 4.63. The third kappa shape index (κ3) is 8.49. The van der Waals surface area contributed by atoms with Crippen LogP contribution in [-0.4, -0.2) is 35.3 Å². The van der Waals surface area contributed by atoms with Crippen molar-refractivity contribution in [1.82, 2.24) is 9.97 Å². The topological polar surface area (TPSA) is 70.5 Å². The molecule has 0 radical (unpaired) electrons. The number of esters is 1. The zero-order chi connectivity index (χ0) is 21.6. The van der Waals surface area contributed by atoms with E-state index < -0.39 is 12.1 Å². The Bertz CT molecular complexity index is 732. The van der Waals surface area contributed by atoms with E-state index in [-0.39, 0.29) is 0 Å². The molecule has 164 valence electrons. The first kappa shape index (κ1) is 23.8. The fourth-order valence-corrected chi connectivity index (χ4v) is 2.85. The number of carbonyl (C=O) groups excluding carboxylic acids is 1. The van der Waals surface area contributed by atoms with Crippen LogP contribution in [0.15, 0.2) is 36.7 Å². The molecule has 1 aromatic carbocycles. The first-order chi connectivity index (χ1) is 14.6. The van der Waals surface area contributed by atoms with Gasteiger partial charge in [-0.05, 0) is 44.0 Å². The highest BCUT2D eigenvalue weighted by molar-refractivity contribution is 5.77. The van der Waals surface area contributed by atoms with Crippen LogP contribution in [0.25, 0.3) is 11.4 Å². The lowest BCUT2D eigenvalue weighted by Crippen LogP contribution is -2.26. The van der Waals surface area contributed by atoms with E-state index in [4.69, 9.17) is 14.2 Å². The monoisotopic (exact) mass is 414 g/mol. The van der Waals surface area contributed by atoms with Gasteiger partial charge >= 0.3 is 5.97 Å². The molecule has 0 unspecified atom stereocenters. The molecular weight excluding hydrogens is 380 g/mol. The highest BCUT2D eigenvalue weighted by Gasteiger charge is 2.15. The molecule has 2 rings (SSSR count). The largest absolute Gasteiger partial charge is 0.490 e. The molecule has 1 heterocycles. The molecule has 0 spiro atoms. The van der Waals surface area contributed by atoms with Crippen LogP contribution in [0.4, 0.5) is 0 Å². The number of hydrogen-bond donors (Lipinski definition) is 0. The maximum Gasteiger partial charge on any atom is 0.340 e. The lowest BCUT2D eigenvalue weighted by molar-refractivity contribution is -0.146. The number of hydrogen-bond acceptors (Lipinski definition) is 6. The van der Waals surface area contributed by atoms with Crippen LogP contribution >= 0.6 is 0 Å². The molecule has 6 heteroatoms. The lowest BCUT2D eigenvalue weighted by Gasteiger charge is -2.12. The summed E-state index contributed by atoms with van der Waals surface area (Å²) in [5, 5.41) is 0. The second-order valence-electron chi connectivity index (χ2n) is 7.32. The van der Waals surface area contributed by atoms with Crippen molar-refractivity contribution in [3.63, 3.8) is 0 Å². The van der Waals surface area contributed by atoms with E-state index in [0.29, 0.717) is 30.5 Å². The van der Waals surface area contributed by atoms with Gasteiger partial charge in [-0.1, -0.05) is 46.0 Å². The number of nitrogens with zero attached hydrogens (tertiary/aromatic N) is 2. The van der Waals surface area contributed by atoms with Crippen molar-refractivity contribution in [3.05, 3.63) is 36.7 Å². The summed E-state index contributed by atoms with van der Waals surface area (Å²) in [6, 6.07) is 7.11. The minimum absolute atomic E-state index is 0.403. The van der Waals surface area contributed by atoms with Crippen molar-refractivity contribution < 1.29 is 19.0 Å². The first-order valence-corrected chi connectivity index (χ1v) is 11.0. The Morgan fingerprint density at radius 1 is 0.867 bits per heavy atom. The molecule has 0 saturated carbocycles. The van der Waals surface area contributed by atoms with Gasteiger partial charge in [-0.2, -0.15) is 0 Å². The van der Waals surface area contributed by atoms with E-state index in [9.17, 15) is 4.79 Å². The third-order valence-electron chi connectivity index (χ3n) is 4.63. The van der Waals surface area contributed by atoms with Gasteiger partial charge in [0.15, 0.2) is 17.7 Å². The number of aromatic nitrogens is 2. The van der Waals surface area contributed by atoms with Gasteiger partial charge in [0.2, 0.25) is 0 Å². The Morgan fingerprint density at radius 2 is 1.53 bits per heavy atom. The van der Waals surface area contributed by atoms with Gasteiger partial charge in [0, 0.05) is 12.2 Å². The highest BCUT2D eigenvalue weighted by Crippen LogP contribution is 2.21. The zero-order valence-electron chi connectivity index (χ0n) is 18.4. The van der Waals surface area contributed by atoms with Crippen LogP contribution in [0.2, 0.25) is 0 Å². The van der Waals surface area contributed by atoms with Gasteiger partial charge in [0.25, 0.3) is 0 Å². The Labute approximate surface area is 180 Å². The fourth-order valence-electron chi connectivity index (χ4n) is 2.85. The van der Waals surface area contributed by atoms with Crippen molar-refractivity contribution >= 4 is 5.97 Å². The van der Waals surface area contributed by atoms with Crippen molar-refractivity contribution in [1.29, 1.82) is 0 Å². The van der Waals surface area contributed by atoms with Crippen LogP contribution in [0, 0.1) is 0 Å². The molecule has 0 amide bonds. The van der Waals surface area contributed by atoms with Gasteiger partial charge < -0.3 is 14.2 Å². The first-order valence-electron chi connectivity index (χ1n) is 11.0. The summed E-state index contributed by atoms with van der Waals surface area (Å²) < 4.78 is 16.4. The smallest absolute Gasteiger partial charge is 0.340 e. The molecule has 1 atom stereocenters. The number of unbranched alkanes of at least 4 members (excludes halogenated alkanes) is 5. The standard InChI is InChI=1S/C24H34N2O4/c1-4-6-7-8-9-10-16-29-22-17-25-23(26-18-22)20-11-13-21(14-12-20)30-24(27)19(3)28-15-5-2/h11-14,17-19H,4-10,15-16H2,1-3H3/t19-/m0/s1. The molecule has 0 aliphatic heterocycles. The summed E-state index contributed by atoms with van der Waals surface area (Å²) >= 11 is 0. The molecule has 0 aliphatic rings.